The summed E-state index contributed by atoms with van der Waals surface area (Å²) in [5.74, 6) is 1.76. The maximum atomic E-state index is 13.8. The maximum Gasteiger partial charge on any atom is 0.267 e. The summed E-state index contributed by atoms with van der Waals surface area (Å²) in [5.41, 5.74) is 1.93. The molecule has 5 aromatic rings. The molecular formula is C28H29N3O5. The number of hydrogen-bond donors (Lipinski definition) is 1. The van der Waals surface area contributed by atoms with E-state index in [1.807, 2.05) is 24.3 Å². The molecule has 1 atom stereocenters. The van der Waals surface area contributed by atoms with E-state index in [0.29, 0.717) is 46.0 Å². The number of benzene rings is 2. The van der Waals surface area contributed by atoms with Gasteiger partial charge in [-0.1, -0.05) is 13.8 Å². The number of aromatic nitrogens is 2. The fourth-order valence-corrected chi connectivity index (χ4v) is 4.76. The highest BCUT2D eigenvalue weighted by Gasteiger charge is 2.23. The molecule has 8 nitrogen and oxygen atoms in total. The molecule has 0 bridgehead atoms. The summed E-state index contributed by atoms with van der Waals surface area (Å²) in [6, 6.07) is 11.0. The molecule has 2 aromatic carbocycles. The number of rotatable bonds is 8. The van der Waals surface area contributed by atoms with Crippen LogP contribution in [0.1, 0.15) is 27.2 Å². The fraction of sp³-hybridized carbons (Fsp3) is 0.321. The van der Waals surface area contributed by atoms with Gasteiger partial charge in [0.15, 0.2) is 17.6 Å². The molecule has 3 heterocycles. The van der Waals surface area contributed by atoms with Gasteiger partial charge in [0, 0.05) is 28.9 Å². The molecule has 0 spiro atoms. The van der Waals surface area contributed by atoms with E-state index < -0.39 is 6.10 Å². The molecule has 0 saturated carbocycles. The standard InChI is InChI=1S/C28H29N3O5/c1-15(2)10-12-30-27(32)16(3)36-17-6-8-21-20(14-17)18-11-13-29-24-19-7-9-22(34-4)26(35-5)23(19)28(33)31(21)25(18)24/h6-9,11,13-16H,10,12H2,1-5H3,(H,30,32)/t16-/m1/s1. The SMILES string of the molecule is COc1ccc2c(c1OC)c(=O)n1c3ccc(O[C@H](C)C(=O)NCCC(C)C)cc3c3ccnc2c31. The number of methoxy groups -OCH3 is 2. The third-order valence-corrected chi connectivity index (χ3v) is 6.57. The summed E-state index contributed by atoms with van der Waals surface area (Å²) in [6.07, 6.45) is 1.99. The normalized spacial score (nSPS) is 12.6. The largest absolute Gasteiger partial charge is 0.493 e. The number of carbonyl (C=O) groups is 1. The topological polar surface area (TPSA) is 91.2 Å². The first kappa shape index (κ1) is 23.7. The molecule has 0 aliphatic rings. The first-order valence-electron chi connectivity index (χ1n) is 12.0. The summed E-state index contributed by atoms with van der Waals surface area (Å²) in [4.78, 5) is 30.9. The molecule has 186 valence electrons. The Bertz CT molecular complexity index is 1660. The number of nitrogens with zero attached hydrogens (tertiary/aromatic N) is 2. The third kappa shape index (κ3) is 3.73. The Morgan fingerprint density at radius 3 is 2.56 bits per heavy atom. The highest BCUT2D eigenvalue weighted by Crippen LogP contribution is 2.39. The van der Waals surface area contributed by atoms with Crippen molar-refractivity contribution in [2.24, 2.45) is 5.92 Å². The van der Waals surface area contributed by atoms with Gasteiger partial charge in [0.05, 0.1) is 36.2 Å². The average molecular weight is 488 g/mol. The van der Waals surface area contributed by atoms with Crippen molar-refractivity contribution in [3.05, 3.63) is 52.9 Å². The van der Waals surface area contributed by atoms with Crippen LogP contribution in [0.2, 0.25) is 0 Å². The van der Waals surface area contributed by atoms with Crippen molar-refractivity contribution in [3.8, 4) is 17.2 Å². The Hall–Kier alpha value is -4.07. The molecule has 0 aliphatic heterocycles. The lowest BCUT2D eigenvalue weighted by Crippen LogP contribution is -2.37. The van der Waals surface area contributed by atoms with Crippen LogP contribution in [-0.2, 0) is 4.79 Å². The minimum Gasteiger partial charge on any atom is -0.493 e. The number of pyridine rings is 2. The molecular weight excluding hydrogens is 458 g/mol. The molecule has 8 heteroatoms. The Morgan fingerprint density at radius 1 is 1.03 bits per heavy atom. The number of nitrogens with one attached hydrogen (secondary N) is 1. The Labute approximate surface area is 208 Å². The van der Waals surface area contributed by atoms with Gasteiger partial charge < -0.3 is 19.5 Å². The first-order chi connectivity index (χ1) is 17.3. The van der Waals surface area contributed by atoms with Crippen LogP contribution >= 0.6 is 0 Å². The summed E-state index contributed by atoms with van der Waals surface area (Å²) in [7, 11) is 3.06. The van der Waals surface area contributed by atoms with Crippen LogP contribution < -0.4 is 25.1 Å². The molecule has 0 saturated heterocycles. The molecule has 0 unspecified atom stereocenters. The van der Waals surface area contributed by atoms with Crippen molar-refractivity contribution in [2.75, 3.05) is 20.8 Å². The Morgan fingerprint density at radius 2 is 1.83 bits per heavy atom. The second kappa shape index (κ2) is 9.18. The summed E-state index contributed by atoms with van der Waals surface area (Å²) >= 11 is 0. The van der Waals surface area contributed by atoms with Crippen LogP contribution in [0.15, 0.2) is 47.4 Å². The summed E-state index contributed by atoms with van der Waals surface area (Å²) in [5, 5.41) is 5.75. The van der Waals surface area contributed by atoms with E-state index in [1.165, 1.54) is 7.11 Å². The van der Waals surface area contributed by atoms with E-state index in [4.69, 9.17) is 14.2 Å². The first-order valence-corrected chi connectivity index (χ1v) is 12.0. The van der Waals surface area contributed by atoms with Gasteiger partial charge >= 0.3 is 0 Å². The summed E-state index contributed by atoms with van der Waals surface area (Å²) < 4.78 is 18.7. The van der Waals surface area contributed by atoms with E-state index in [0.717, 1.165) is 28.2 Å². The molecule has 3 aromatic heterocycles. The average Bonchev–Trinajstić information content (AvgIpc) is 3.20. The van der Waals surface area contributed by atoms with Gasteiger partial charge in [-0.25, -0.2) is 0 Å². The van der Waals surface area contributed by atoms with E-state index in [-0.39, 0.29) is 11.5 Å². The number of carbonyl (C=O) groups excluding carboxylic acids is 1. The highest BCUT2D eigenvalue weighted by atomic mass is 16.5. The Balaban J connectivity index is 1.64. The van der Waals surface area contributed by atoms with Crippen molar-refractivity contribution in [1.82, 2.24) is 14.7 Å². The van der Waals surface area contributed by atoms with Crippen LogP contribution in [0.5, 0.6) is 17.2 Å². The van der Waals surface area contributed by atoms with Crippen molar-refractivity contribution in [2.45, 2.75) is 33.3 Å². The van der Waals surface area contributed by atoms with Crippen LogP contribution in [0, 0.1) is 5.92 Å². The number of amides is 1. The quantitative estimate of drug-likeness (QED) is 0.323. The van der Waals surface area contributed by atoms with Gasteiger partial charge in [-0.15, -0.1) is 0 Å². The van der Waals surface area contributed by atoms with E-state index in [9.17, 15) is 9.59 Å². The van der Waals surface area contributed by atoms with Crippen LogP contribution in [0.25, 0.3) is 38.1 Å². The van der Waals surface area contributed by atoms with Gasteiger partial charge in [-0.3, -0.25) is 19.0 Å². The van der Waals surface area contributed by atoms with E-state index in [2.05, 4.69) is 24.1 Å². The van der Waals surface area contributed by atoms with Gasteiger partial charge in [-0.2, -0.15) is 0 Å². The maximum absolute atomic E-state index is 13.8. The fourth-order valence-electron chi connectivity index (χ4n) is 4.76. The van der Waals surface area contributed by atoms with Gasteiger partial charge in [0.2, 0.25) is 0 Å². The molecule has 0 radical (unpaired) electrons. The van der Waals surface area contributed by atoms with E-state index in [1.54, 1.807) is 36.8 Å². The smallest absolute Gasteiger partial charge is 0.267 e. The highest BCUT2D eigenvalue weighted by molar-refractivity contribution is 6.19. The lowest BCUT2D eigenvalue weighted by atomic mass is 10.1. The van der Waals surface area contributed by atoms with Gasteiger partial charge in [-0.05, 0) is 55.7 Å². The molecule has 1 amide bonds. The van der Waals surface area contributed by atoms with Crippen molar-refractivity contribution < 1.29 is 19.0 Å². The Kier molecular flexibility index (Phi) is 6.04. The van der Waals surface area contributed by atoms with Crippen LogP contribution in [0.3, 0.4) is 0 Å². The monoisotopic (exact) mass is 487 g/mol. The molecule has 5 rings (SSSR count). The lowest BCUT2D eigenvalue weighted by molar-refractivity contribution is -0.127. The lowest BCUT2D eigenvalue weighted by Gasteiger charge is -2.15. The zero-order valence-electron chi connectivity index (χ0n) is 21.0. The number of ether oxygens (including phenoxy) is 3. The summed E-state index contributed by atoms with van der Waals surface area (Å²) in [6.45, 7) is 6.58. The van der Waals surface area contributed by atoms with E-state index >= 15 is 0 Å². The van der Waals surface area contributed by atoms with Crippen molar-refractivity contribution in [3.63, 3.8) is 0 Å². The third-order valence-electron chi connectivity index (χ3n) is 6.57. The van der Waals surface area contributed by atoms with Gasteiger partial charge in [0.1, 0.15) is 5.75 Å². The number of hydrogen-bond acceptors (Lipinski definition) is 6. The van der Waals surface area contributed by atoms with Crippen molar-refractivity contribution >= 4 is 44.0 Å². The van der Waals surface area contributed by atoms with Crippen molar-refractivity contribution in [1.29, 1.82) is 0 Å². The molecule has 1 N–H and O–H groups in total. The van der Waals surface area contributed by atoms with Crippen LogP contribution in [-0.4, -0.2) is 42.2 Å². The predicted octanol–water partition coefficient (Wildman–Crippen LogP) is 4.54. The zero-order valence-corrected chi connectivity index (χ0v) is 21.0. The minimum atomic E-state index is -0.654. The molecule has 0 fully saturated rings. The molecule has 36 heavy (non-hydrogen) atoms. The second-order valence-corrected chi connectivity index (χ2v) is 9.33. The predicted molar refractivity (Wildman–Crippen MR) is 141 cm³/mol. The number of fused-ring (bicyclic) bond motifs is 5. The zero-order chi connectivity index (χ0) is 25.6. The molecule has 0 aliphatic carbocycles. The van der Waals surface area contributed by atoms with Gasteiger partial charge in [0.25, 0.3) is 11.5 Å². The minimum absolute atomic E-state index is 0.158. The second-order valence-electron chi connectivity index (χ2n) is 9.33. The van der Waals surface area contributed by atoms with Crippen LogP contribution in [0.4, 0.5) is 0 Å².